The Morgan fingerprint density at radius 3 is 2.58 bits per heavy atom. The van der Waals surface area contributed by atoms with Crippen LogP contribution in [0.15, 0.2) is 9.95 Å². The molecule has 0 aromatic carbocycles. The third-order valence-corrected chi connectivity index (χ3v) is 3.49. The fourth-order valence-corrected chi connectivity index (χ4v) is 2.74. The van der Waals surface area contributed by atoms with Crippen molar-refractivity contribution in [3.05, 3.63) is 10.5 Å². The van der Waals surface area contributed by atoms with E-state index in [-0.39, 0.29) is 17.8 Å². The number of nitrogens with two attached hydrogens (primary N) is 1. The largest absolute Gasteiger partial charge is 0.368 e. The molecule has 1 aromatic heterocycles. The van der Waals surface area contributed by atoms with Crippen LogP contribution in [0.4, 0.5) is 0 Å². The molecule has 0 fully saturated rings. The zero-order valence-electron chi connectivity index (χ0n) is 11.6. The number of thioether (sulfide) groups is 1. The van der Waals surface area contributed by atoms with Gasteiger partial charge in [-0.2, -0.15) is 0 Å². The molecule has 108 valence electrons. The number of aromatic amines is 1. The van der Waals surface area contributed by atoms with Crippen LogP contribution in [0.2, 0.25) is 0 Å². The molecule has 0 saturated carbocycles. The molecule has 0 radical (unpaired) electrons. The van der Waals surface area contributed by atoms with E-state index < -0.39 is 11.9 Å². The summed E-state index contributed by atoms with van der Waals surface area (Å²) in [5, 5.41) is 10.0. The molecule has 4 N–H and O–H groups in total. The minimum absolute atomic E-state index is 0.0128. The van der Waals surface area contributed by atoms with Gasteiger partial charge in [0.1, 0.15) is 0 Å². The van der Waals surface area contributed by atoms with Crippen LogP contribution in [-0.4, -0.2) is 38.5 Å². The monoisotopic (exact) mass is 287 g/mol. The van der Waals surface area contributed by atoms with Crippen molar-refractivity contribution in [3.8, 4) is 0 Å². The molecule has 0 aliphatic carbocycles. The van der Waals surface area contributed by atoms with Gasteiger partial charge in [-0.25, -0.2) is 9.89 Å². The normalized spacial score (nSPS) is 13.2. The van der Waals surface area contributed by atoms with Gasteiger partial charge in [-0.15, -0.1) is 5.10 Å². The molecule has 7 nitrogen and oxygen atoms in total. The van der Waals surface area contributed by atoms with Crippen molar-refractivity contribution in [2.75, 3.05) is 5.75 Å². The average Bonchev–Trinajstić information content (AvgIpc) is 2.64. The molecule has 0 aliphatic rings. The second-order valence-electron chi connectivity index (χ2n) is 4.86. The van der Waals surface area contributed by atoms with Crippen molar-refractivity contribution in [2.24, 2.45) is 5.73 Å². The number of H-pyrrole nitrogens is 1. The van der Waals surface area contributed by atoms with Crippen LogP contribution in [0.25, 0.3) is 0 Å². The molecule has 0 bridgehead atoms. The SMILES string of the molecule is CC(C)NC(CSc1n[nH]c(=O)n1C(C)C)C(N)=O. The van der Waals surface area contributed by atoms with Crippen LogP contribution in [0.5, 0.6) is 0 Å². The molecule has 1 atom stereocenters. The van der Waals surface area contributed by atoms with Gasteiger partial charge in [0.2, 0.25) is 5.91 Å². The van der Waals surface area contributed by atoms with Crippen molar-refractivity contribution in [1.82, 2.24) is 20.1 Å². The van der Waals surface area contributed by atoms with Gasteiger partial charge >= 0.3 is 5.69 Å². The molecular formula is C11H21N5O2S. The number of hydrogen-bond acceptors (Lipinski definition) is 5. The summed E-state index contributed by atoms with van der Waals surface area (Å²) in [4.78, 5) is 22.9. The van der Waals surface area contributed by atoms with Gasteiger partial charge in [0, 0.05) is 17.8 Å². The van der Waals surface area contributed by atoms with E-state index in [0.717, 1.165) is 0 Å². The quantitative estimate of drug-likeness (QED) is 0.617. The van der Waals surface area contributed by atoms with Crippen LogP contribution in [0.1, 0.15) is 33.7 Å². The van der Waals surface area contributed by atoms with Gasteiger partial charge in [-0.05, 0) is 13.8 Å². The van der Waals surface area contributed by atoms with Crippen LogP contribution in [0, 0.1) is 0 Å². The van der Waals surface area contributed by atoms with E-state index in [9.17, 15) is 9.59 Å². The van der Waals surface area contributed by atoms with Gasteiger partial charge in [-0.1, -0.05) is 25.6 Å². The second kappa shape index (κ2) is 6.76. The molecule has 1 amide bonds. The lowest BCUT2D eigenvalue weighted by Gasteiger charge is -2.17. The highest BCUT2D eigenvalue weighted by Gasteiger charge is 2.19. The molecule has 8 heteroatoms. The summed E-state index contributed by atoms with van der Waals surface area (Å²) in [6, 6.07) is -0.277. The maximum Gasteiger partial charge on any atom is 0.344 e. The molecule has 1 unspecified atom stereocenters. The van der Waals surface area contributed by atoms with Gasteiger partial charge in [0.25, 0.3) is 0 Å². The Morgan fingerprint density at radius 1 is 1.47 bits per heavy atom. The number of aromatic nitrogens is 3. The third-order valence-electron chi connectivity index (χ3n) is 2.45. The van der Waals surface area contributed by atoms with Crippen molar-refractivity contribution in [2.45, 2.75) is 51.0 Å². The van der Waals surface area contributed by atoms with E-state index in [0.29, 0.717) is 10.9 Å². The number of hydrogen-bond donors (Lipinski definition) is 3. The summed E-state index contributed by atoms with van der Waals surface area (Å²) in [5.41, 5.74) is 5.10. The number of carbonyl (C=O) groups excluding carboxylic acids is 1. The number of carbonyl (C=O) groups is 1. The Hall–Kier alpha value is -1.28. The lowest BCUT2D eigenvalue weighted by molar-refractivity contribution is -0.119. The molecule has 0 aliphatic heterocycles. The minimum atomic E-state index is -0.447. The number of nitrogens with zero attached hydrogens (tertiary/aromatic N) is 2. The zero-order valence-corrected chi connectivity index (χ0v) is 12.5. The van der Waals surface area contributed by atoms with Gasteiger partial charge in [0.15, 0.2) is 5.16 Å². The third kappa shape index (κ3) is 4.39. The summed E-state index contributed by atoms with van der Waals surface area (Å²) in [7, 11) is 0. The predicted octanol–water partition coefficient (Wildman–Crippen LogP) is 0.0963. The maximum absolute atomic E-state index is 11.6. The summed E-state index contributed by atoms with van der Waals surface area (Å²) < 4.78 is 1.55. The van der Waals surface area contributed by atoms with Crippen LogP contribution >= 0.6 is 11.8 Å². The molecular weight excluding hydrogens is 266 g/mol. The molecule has 1 rings (SSSR count). The van der Waals surface area contributed by atoms with E-state index in [2.05, 4.69) is 15.5 Å². The van der Waals surface area contributed by atoms with Crippen molar-refractivity contribution < 1.29 is 4.79 Å². The highest BCUT2D eigenvalue weighted by atomic mass is 32.2. The Kier molecular flexibility index (Phi) is 5.61. The van der Waals surface area contributed by atoms with Crippen molar-refractivity contribution in [3.63, 3.8) is 0 Å². The second-order valence-corrected chi connectivity index (χ2v) is 5.85. The van der Waals surface area contributed by atoms with Crippen LogP contribution in [-0.2, 0) is 4.79 Å². The first-order valence-corrected chi connectivity index (χ1v) is 7.16. The molecule has 19 heavy (non-hydrogen) atoms. The standard InChI is InChI=1S/C11H21N5O2S/c1-6(2)13-8(9(12)17)5-19-11-15-14-10(18)16(11)7(3)4/h6-8,13H,5H2,1-4H3,(H2,12,17)(H,14,18). The van der Waals surface area contributed by atoms with Crippen LogP contribution < -0.4 is 16.7 Å². The summed E-state index contributed by atoms with van der Waals surface area (Å²) in [6.07, 6.45) is 0. The fraction of sp³-hybridized carbons (Fsp3) is 0.727. The maximum atomic E-state index is 11.6. The highest BCUT2D eigenvalue weighted by molar-refractivity contribution is 7.99. The van der Waals surface area contributed by atoms with Gasteiger partial charge < -0.3 is 11.1 Å². The lowest BCUT2D eigenvalue weighted by Crippen LogP contribution is -2.46. The molecule has 1 aromatic rings. The van der Waals surface area contributed by atoms with E-state index in [1.807, 2.05) is 27.7 Å². The first kappa shape index (κ1) is 15.8. The topological polar surface area (TPSA) is 106 Å². The first-order valence-electron chi connectivity index (χ1n) is 6.18. The van der Waals surface area contributed by atoms with Crippen molar-refractivity contribution in [1.29, 1.82) is 0 Å². The molecule has 0 saturated heterocycles. The Labute approximate surface area is 116 Å². The number of rotatable bonds is 7. The fourth-order valence-electron chi connectivity index (χ4n) is 1.62. The number of nitrogens with one attached hydrogen (secondary N) is 2. The van der Waals surface area contributed by atoms with Crippen LogP contribution in [0.3, 0.4) is 0 Å². The zero-order chi connectivity index (χ0) is 14.6. The summed E-state index contributed by atoms with van der Waals surface area (Å²) >= 11 is 1.33. The van der Waals surface area contributed by atoms with E-state index in [1.54, 1.807) is 4.57 Å². The van der Waals surface area contributed by atoms with Gasteiger partial charge in [0.05, 0.1) is 6.04 Å². The number of amides is 1. The molecule has 1 heterocycles. The smallest absolute Gasteiger partial charge is 0.344 e. The minimum Gasteiger partial charge on any atom is -0.368 e. The van der Waals surface area contributed by atoms with E-state index in [1.165, 1.54) is 11.8 Å². The Morgan fingerprint density at radius 2 is 2.11 bits per heavy atom. The van der Waals surface area contributed by atoms with E-state index >= 15 is 0 Å². The lowest BCUT2D eigenvalue weighted by atomic mass is 10.3. The summed E-state index contributed by atoms with van der Waals surface area (Å²) in [5.74, 6) is 0.0278. The Balaban J connectivity index is 2.75. The Bertz CT molecular complexity index is 480. The number of primary amides is 1. The van der Waals surface area contributed by atoms with E-state index in [4.69, 9.17) is 5.73 Å². The summed E-state index contributed by atoms with van der Waals surface area (Å²) in [6.45, 7) is 7.69. The predicted molar refractivity (Wildman–Crippen MR) is 75.2 cm³/mol. The average molecular weight is 287 g/mol. The van der Waals surface area contributed by atoms with Crippen molar-refractivity contribution >= 4 is 17.7 Å². The van der Waals surface area contributed by atoms with Gasteiger partial charge in [-0.3, -0.25) is 9.36 Å². The first-order chi connectivity index (χ1) is 8.82. The molecule has 0 spiro atoms. The highest BCUT2D eigenvalue weighted by Crippen LogP contribution is 2.17.